The Kier molecular flexibility index (Phi) is 10.7. The van der Waals surface area contributed by atoms with E-state index in [1.54, 1.807) is 6.07 Å². The largest absolute Gasteiger partial charge is 0.508 e. The number of nitrogens with zero attached hydrogens (tertiary/aromatic N) is 1. The van der Waals surface area contributed by atoms with E-state index in [1.165, 1.54) is 0 Å². The van der Waals surface area contributed by atoms with Crippen LogP contribution in [0.15, 0.2) is 54.6 Å². The number of nitrogens with two attached hydrogens (primary N) is 1. The highest BCUT2D eigenvalue weighted by Crippen LogP contribution is 2.40. The Bertz CT molecular complexity index is 907. The van der Waals surface area contributed by atoms with E-state index in [1.807, 2.05) is 42.5 Å². The third kappa shape index (κ3) is 7.10. The second kappa shape index (κ2) is 12.5. The first kappa shape index (κ1) is 28.3. The van der Waals surface area contributed by atoms with Crippen molar-refractivity contribution in [1.82, 2.24) is 4.90 Å². The molecular weight excluding hydrogens is 424 g/mol. The van der Waals surface area contributed by atoms with E-state index in [-0.39, 0.29) is 28.7 Å². The van der Waals surface area contributed by atoms with Crippen LogP contribution < -0.4 is 5.73 Å². The normalized spacial score (nSPS) is 21.2. The van der Waals surface area contributed by atoms with Crippen LogP contribution in [-0.4, -0.2) is 59.1 Å². The van der Waals surface area contributed by atoms with Crippen LogP contribution >= 0.6 is 0 Å². The predicted molar refractivity (Wildman–Crippen MR) is 127 cm³/mol. The molecule has 7 N–H and O–H groups in total. The maximum absolute atomic E-state index is 12.7. The van der Waals surface area contributed by atoms with E-state index in [0.717, 1.165) is 30.6 Å². The third-order valence-electron chi connectivity index (χ3n) is 6.59. The van der Waals surface area contributed by atoms with E-state index in [9.17, 15) is 14.7 Å². The fourth-order valence-corrected chi connectivity index (χ4v) is 4.44. The van der Waals surface area contributed by atoms with Gasteiger partial charge in [-0.3, -0.25) is 9.59 Å². The molecule has 0 spiro atoms. The zero-order valence-electron chi connectivity index (χ0n) is 19.3. The van der Waals surface area contributed by atoms with Crippen molar-refractivity contribution in [3.8, 4) is 5.75 Å². The lowest BCUT2D eigenvalue weighted by Gasteiger charge is -2.45. The number of phenols is 1. The molecule has 1 fully saturated rings. The molecule has 3 unspecified atom stereocenters. The number of carbonyl (C=O) groups is 2. The van der Waals surface area contributed by atoms with E-state index in [0.29, 0.717) is 18.9 Å². The molecule has 2 aromatic carbocycles. The summed E-state index contributed by atoms with van der Waals surface area (Å²) in [5.41, 5.74) is 7.42. The molecule has 1 aliphatic rings. The van der Waals surface area contributed by atoms with Crippen molar-refractivity contribution in [3.05, 3.63) is 65.7 Å². The van der Waals surface area contributed by atoms with Gasteiger partial charge in [-0.25, -0.2) is 0 Å². The molecule has 3 rings (SSSR count). The number of rotatable bonds is 7. The molecule has 33 heavy (non-hydrogen) atoms. The Labute approximate surface area is 195 Å². The summed E-state index contributed by atoms with van der Waals surface area (Å²) in [5, 5.41) is 9.91. The molecule has 0 amide bonds. The number of phenolic OH excluding ortho intramolecular Hbond substituents is 1. The lowest BCUT2D eigenvalue weighted by Crippen LogP contribution is -2.49. The molecule has 8 heteroatoms. The van der Waals surface area contributed by atoms with Crippen LogP contribution in [0.25, 0.3) is 0 Å². The molecule has 0 radical (unpaired) electrons. The average molecular weight is 461 g/mol. The Morgan fingerprint density at radius 2 is 1.88 bits per heavy atom. The highest BCUT2D eigenvalue weighted by molar-refractivity contribution is 5.87. The first-order valence-corrected chi connectivity index (χ1v) is 10.8. The standard InChI is InChI=1S/C25H32N2O4.2H2O/c1-18-16-27(12-11-25(18,2)21-9-6-10-22(28)14-21)17-20(24(30)31-23(29)15-26)13-19-7-4-3-5-8-19;;/h3-10,14,18,20,28H,11-13,15-17,26H2,1-2H3;2*1H2. The maximum Gasteiger partial charge on any atom is 0.327 e. The topological polar surface area (TPSA) is 156 Å². The summed E-state index contributed by atoms with van der Waals surface area (Å²) in [6.45, 7) is 6.28. The Morgan fingerprint density at radius 1 is 1.18 bits per heavy atom. The molecular formula is C25H36N2O6. The third-order valence-corrected chi connectivity index (χ3v) is 6.59. The first-order chi connectivity index (χ1) is 14.8. The highest BCUT2D eigenvalue weighted by atomic mass is 16.6. The van der Waals surface area contributed by atoms with Crippen molar-refractivity contribution in [3.63, 3.8) is 0 Å². The van der Waals surface area contributed by atoms with Crippen LogP contribution in [0.3, 0.4) is 0 Å². The molecule has 182 valence electrons. The molecule has 8 nitrogen and oxygen atoms in total. The number of carbonyl (C=O) groups excluding carboxylic acids is 2. The Balaban J connectivity index is 0.00000272. The molecule has 2 aromatic rings. The quantitative estimate of drug-likeness (QED) is 0.467. The molecule has 1 heterocycles. The zero-order chi connectivity index (χ0) is 22.4. The van der Waals surface area contributed by atoms with Gasteiger partial charge in [0.2, 0.25) is 0 Å². The zero-order valence-corrected chi connectivity index (χ0v) is 19.3. The van der Waals surface area contributed by atoms with E-state index < -0.39 is 17.9 Å². The number of piperidine rings is 1. The van der Waals surface area contributed by atoms with Gasteiger partial charge < -0.3 is 31.4 Å². The van der Waals surface area contributed by atoms with Crippen LogP contribution in [0, 0.1) is 11.8 Å². The molecule has 1 saturated heterocycles. The summed E-state index contributed by atoms with van der Waals surface area (Å²) in [6, 6.07) is 17.2. The minimum absolute atomic E-state index is 0. The van der Waals surface area contributed by atoms with Gasteiger partial charge >= 0.3 is 11.9 Å². The summed E-state index contributed by atoms with van der Waals surface area (Å²) >= 11 is 0. The van der Waals surface area contributed by atoms with Crippen molar-refractivity contribution in [2.24, 2.45) is 17.6 Å². The fraction of sp³-hybridized carbons (Fsp3) is 0.440. The van der Waals surface area contributed by atoms with Crippen LogP contribution in [0.1, 0.15) is 31.4 Å². The minimum Gasteiger partial charge on any atom is -0.508 e. The Morgan fingerprint density at radius 3 is 2.48 bits per heavy atom. The number of aromatic hydroxyl groups is 1. The highest BCUT2D eigenvalue weighted by Gasteiger charge is 2.39. The number of benzene rings is 2. The van der Waals surface area contributed by atoms with Crippen molar-refractivity contribution >= 4 is 11.9 Å². The smallest absolute Gasteiger partial charge is 0.327 e. The van der Waals surface area contributed by atoms with E-state index in [2.05, 4.69) is 24.8 Å². The number of ether oxygens (including phenoxy) is 1. The SMILES string of the molecule is CC1CN(CC(Cc2ccccc2)C(=O)OC(=O)CN)CCC1(C)c1cccc(O)c1.O.O. The Hall–Kier alpha value is -2.78. The fourth-order valence-electron chi connectivity index (χ4n) is 4.44. The van der Waals surface area contributed by atoms with Gasteiger partial charge in [0.15, 0.2) is 0 Å². The van der Waals surface area contributed by atoms with Crippen molar-refractivity contribution in [1.29, 1.82) is 0 Å². The first-order valence-electron chi connectivity index (χ1n) is 10.8. The van der Waals surface area contributed by atoms with Gasteiger partial charge in [0.05, 0.1) is 12.5 Å². The van der Waals surface area contributed by atoms with Crippen LogP contribution in [0.4, 0.5) is 0 Å². The molecule has 1 aliphatic heterocycles. The van der Waals surface area contributed by atoms with Crippen molar-refractivity contribution < 1.29 is 30.4 Å². The van der Waals surface area contributed by atoms with Crippen molar-refractivity contribution in [2.45, 2.75) is 32.1 Å². The summed E-state index contributed by atoms with van der Waals surface area (Å²) in [6.07, 6.45) is 1.42. The van der Waals surface area contributed by atoms with E-state index >= 15 is 0 Å². The summed E-state index contributed by atoms with van der Waals surface area (Å²) in [7, 11) is 0. The summed E-state index contributed by atoms with van der Waals surface area (Å²) in [5.74, 6) is -1.07. The van der Waals surface area contributed by atoms with Gasteiger partial charge in [0.25, 0.3) is 0 Å². The number of hydrogen-bond donors (Lipinski definition) is 2. The minimum atomic E-state index is -0.702. The van der Waals surface area contributed by atoms with Gasteiger partial charge in [-0.15, -0.1) is 0 Å². The molecule has 0 aliphatic carbocycles. The van der Waals surface area contributed by atoms with Gasteiger partial charge in [0, 0.05) is 13.1 Å². The summed E-state index contributed by atoms with van der Waals surface area (Å²) < 4.78 is 4.97. The van der Waals surface area contributed by atoms with Crippen LogP contribution in [0.5, 0.6) is 5.75 Å². The second-order valence-corrected chi connectivity index (χ2v) is 8.76. The average Bonchev–Trinajstić information content (AvgIpc) is 2.76. The van der Waals surface area contributed by atoms with E-state index in [4.69, 9.17) is 10.5 Å². The lowest BCUT2D eigenvalue weighted by molar-refractivity contribution is -0.162. The molecule has 3 atom stereocenters. The molecule has 0 saturated carbocycles. The number of likely N-dealkylation sites (tertiary alicyclic amines) is 1. The predicted octanol–water partition coefficient (Wildman–Crippen LogP) is 1.23. The van der Waals surface area contributed by atoms with Crippen LogP contribution in [0.2, 0.25) is 0 Å². The second-order valence-electron chi connectivity index (χ2n) is 8.76. The number of hydrogen-bond acceptors (Lipinski definition) is 6. The number of esters is 2. The maximum atomic E-state index is 12.7. The monoisotopic (exact) mass is 460 g/mol. The van der Waals surface area contributed by atoms with Gasteiger partial charge in [-0.05, 0) is 54.0 Å². The molecule has 0 bridgehead atoms. The van der Waals surface area contributed by atoms with Crippen LogP contribution in [-0.2, 0) is 26.2 Å². The molecule has 0 aromatic heterocycles. The van der Waals surface area contributed by atoms with Gasteiger partial charge in [-0.2, -0.15) is 0 Å². The van der Waals surface area contributed by atoms with Gasteiger partial charge in [0.1, 0.15) is 5.75 Å². The van der Waals surface area contributed by atoms with Crippen molar-refractivity contribution in [2.75, 3.05) is 26.2 Å². The van der Waals surface area contributed by atoms with Gasteiger partial charge in [-0.1, -0.05) is 56.3 Å². The lowest BCUT2D eigenvalue weighted by atomic mass is 9.68. The summed E-state index contributed by atoms with van der Waals surface area (Å²) in [4.78, 5) is 26.6.